The maximum absolute atomic E-state index is 12.2. The van der Waals surface area contributed by atoms with Crippen molar-refractivity contribution in [2.24, 2.45) is 0 Å². The number of nitrogens with one attached hydrogen (secondary N) is 1. The van der Waals surface area contributed by atoms with Gasteiger partial charge in [0.1, 0.15) is 5.82 Å². The highest BCUT2D eigenvalue weighted by Gasteiger charge is 2.13. The van der Waals surface area contributed by atoms with Gasteiger partial charge < -0.3 is 5.32 Å². The topological polar surface area (TPSA) is 105 Å². The van der Waals surface area contributed by atoms with Gasteiger partial charge in [-0.15, -0.1) is 0 Å². The number of amides is 1. The number of aromatic nitrogens is 2. The molecule has 0 fully saturated rings. The van der Waals surface area contributed by atoms with Gasteiger partial charge in [-0.25, -0.2) is 13.1 Å². The van der Waals surface area contributed by atoms with Gasteiger partial charge in [0.2, 0.25) is 0 Å². The maximum atomic E-state index is 12.2. The van der Waals surface area contributed by atoms with Crippen LogP contribution in [-0.4, -0.2) is 30.4 Å². The van der Waals surface area contributed by atoms with E-state index in [9.17, 15) is 13.2 Å². The van der Waals surface area contributed by atoms with E-state index < -0.39 is 9.84 Å². The molecule has 2 aromatic rings. The molecule has 2 rings (SSSR count). The normalized spacial score (nSPS) is 11.0. The molecule has 0 saturated carbocycles. The van der Waals surface area contributed by atoms with Crippen molar-refractivity contribution in [3.63, 3.8) is 0 Å². The standard InChI is InChI=1S/C15H16N4O3S/c1-11-10-14(19(18-11)9-3-8-16)17-15(20)12-4-6-13(7-5-12)23(2,21)22/h4-7,10H,3,9H2,1-2H3,(H,17,20). The zero-order chi connectivity index (χ0) is 17.0. The number of hydrogen-bond donors (Lipinski definition) is 1. The quantitative estimate of drug-likeness (QED) is 0.898. The SMILES string of the molecule is Cc1cc(NC(=O)c2ccc(S(C)(=O)=O)cc2)n(CCC#N)n1. The number of hydrogen-bond acceptors (Lipinski definition) is 5. The molecular weight excluding hydrogens is 316 g/mol. The number of nitriles is 1. The average molecular weight is 332 g/mol. The first-order valence-corrected chi connectivity index (χ1v) is 8.73. The molecule has 0 bridgehead atoms. The van der Waals surface area contributed by atoms with E-state index in [2.05, 4.69) is 10.4 Å². The number of benzene rings is 1. The Labute approximate surface area is 134 Å². The van der Waals surface area contributed by atoms with Crippen LogP contribution in [0.4, 0.5) is 5.82 Å². The van der Waals surface area contributed by atoms with Crippen LogP contribution >= 0.6 is 0 Å². The van der Waals surface area contributed by atoms with Gasteiger partial charge in [-0.3, -0.25) is 4.79 Å². The molecule has 0 atom stereocenters. The third-order valence-corrected chi connectivity index (χ3v) is 4.25. The van der Waals surface area contributed by atoms with Crippen LogP contribution in [0.3, 0.4) is 0 Å². The van der Waals surface area contributed by atoms with Crippen LogP contribution in [0.2, 0.25) is 0 Å². The van der Waals surface area contributed by atoms with Crippen LogP contribution in [0.1, 0.15) is 22.5 Å². The van der Waals surface area contributed by atoms with Crippen LogP contribution in [0, 0.1) is 18.3 Å². The van der Waals surface area contributed by atoms with E-state index in [1.807, 2.05) is 6.07 Å². The van der Waals surface area contributed by atoms with Gasteiger partial charge in [0.05, 0.1) is 29.6 Å². The molecule has 0 radical (unpaired) electrons. The van der Waals surface area contributed by atoms with Gasteiger partial charge in [-0.05, 0) is 31.2 Å². The zero-order valence-electron chi connectivity index (χ0n) is 12.8. The van der Waals surface area contributed by atoms with Crippen LogP contribution in [0.5, 0.6) is 0 Å². The summed E-state index contributed by atoms with van der Waals surface area (Å²) in [5.74, 6) is 0.123. The van der Waals surface area contributed by atoms with Crippen molar-refractivity contribution in [3.05, 3.63) is 41.6 Å². The summed E-state index contributed by atoms with van der Waals surface area (Å²) in [4.78, 5) is 12.4. The molecule has 0 unspecified atom stereocenters. The Kier molecular flexibility index (Phi) is 4.81. The van der Waals surface area contributed by atoms with E-state index in [1.54, 1.807) is 17.7 Å². The summed E-state index contributed by atoms with van der Waals surface area (Å²) in [5, 5.41) is 15.6. The van der Waals surface area contributed by atoms with Crippen molar-refractivity contribution < 1.29 is 13.2 Å². The van der Waals surface area contributed by atoms with E-state index in [1.165, 1.54) is 24.3 Å². The molecule has 0 aliphatic heterocycles. The highest BCUT2D eigenvalue weighted by molar-refractivity contribution is 7.90. The molecule has 120 valence electrons. The number of carbonyl (C=O) groups is 1. The monoisotopic (exact) mass is 332 g/mol. The van der Waals surface area contributed by atoms with Gasteiger partial charge in [-0.1, -0.05) is 0 Å². The van der Waals surface area contributed by atoms with Crippen molar-refractivity contribution in [1.82, 2.24) is 9.78 Å². The number of carbonyl (C=O) groups excluding carboxylic acids is 1. The van der Waals surface area contributed by atoms with Crippen molar-refractivity contribution >= 4 is 21.6 Å². The fraction of sp³-hybridized carbons (Fsp3) is 0.267. The summed E-state index contributed by atoms with van der Waals surface area (Å²) >= 11 is 0. The highest BCUT2D eigenvalue weighted by Crippen LogP contribution is 2.14. The van der Waals surface area contributed by atoms with Crippen LogP contribution in [0.15, 0.2) is 35.2 Å². The summed E-state index contributed by atoms with van der Waals surface area (Å²) in [6.45, 7) is 2.17. The molecule has 0 spiro atoms. The van der Waals surface area contributed by atoms with Crippen molar-refractivity contribution in [2.45, 2.75) is 24.8 Å². The predicted molar refractivity (Wildman–Crippen MR) is 84.7 cm³/mol. The Balaban J connectivity index is 2.18. The predicted octanol–water partition coefficient (Wildman–Crippen LogP) is 1.76. The van der Waals surface area contributed by atoms with Crippen LogP contribution in [-0.2, 0) is 16.4 Å². The minimum absolute atomic E-state index is 0.156. The van der Waals surface area contributed by atoms with E-state index in [-0.39, 0.29) is 17.2 Å². The fourth-order valence-corrected chi connectivity index (χ4v) is 2.64. The van der Waals surface area contributed by atoms with Gasteiger partial charge in [0.25, 0.3) is 5.91 Å². The molecule has 8 heteroatoms. The van der Waals surface area contributed by atoms with Crippen molar-refractivity contribution in [1.29, 1.82) is 5.26 Å². The number of anilines is 1. The summed E-state index contributed by atoms with van der Waals surface area (Å²) in [7, 11) is -3.29. The Morgan fingerprint density at radius 1 is 1.35 bits per heavy atom. The van der Waals surface area contributed by atoms with Gasteiger partial charge in [0.15, 0.2) is 9.84 Å². The number of sulfone groups is 1. The molecule has 0 aliphatic rings. The molecule has 1 N–H and O–H groups in total. The Morgan fingerprint density at radius 3 is 2.57 bits per heavy atom. The molecule has 1 aromatic heterocycles. The highest BCUT2D eigenvalue weighted by atomic mass is 32.2. The second-order valence-corrected chi connectivity index (χ2v) is 7.07. The third kappa shape index (κ3) is 4.17. The number of nitrogens with zero attached hydrogens (tertiary/aromatic N) is 3. The summed E-state index contributed by atoms with van der Waals surface area (Å²) in [5.41, 5.74) is 1.06. The number of rotatable bonds is 5. The van der Waals surface area contributed by atoms with Crippen molar-refractivity contribution in [3.8, 4) is 6.07 Å². The zero-order valence-corrected chi connectivity index (χ0v) is 13.6. The summed E-state index contributed by atoms with van der Waals surface area (Å²) < 4.78 is 24.4. The first-order chi connectivity index (χ1) is 10.8. The van der Waals surface area contributed by atoms with E-state index >= 15 is 0 Å². The van der Waals surface area contributed by atoms with Crippen molar-refractivity contribution in [2.75, 3.05) is 11.6 Å². The van der Waals surface area contributed by atoms with Crippen LogP contribution < -0.4 is 5.32 Å². The Hall–Kier alpha value is -2.66. The molecule has 7 nitrogen and oxygen atoms in total. The molecule has 0 aliphatic carbocycles. The Bertz CT molecular complexity index is 861. The molecule has 1 amide bonds. The first-order valence-electron chi connectivity index (χ1n) is 6.84. The van der Waals surface area contributed by atoms with E-state index in [4.69, 9.17) is 5.26 Å². The minimum Gasteiger partial charge on any atom is -0.307 e. The molecule has 23 heavy (non-hydrogen) atoms. The second-order valence-electron chi connectivity index (χ2n) is 5.05. The molecule has 1 heterocycles. The summed E-state index contributed by atoms with van der Waals surface area (Å²) in [6, 6.07) is 9.42. The van der Waals surface area contributed by atoms with Crippen LogP contribution in [0.25, 0.3) is 0 Å². The molecule has 1 aromatic carbocycles. The van der Waals surface area contributed by atoms with Gasteiger partial charge in [0, 0.05) is 17.9 Å². The number of aryl methyl sites for hydroxylation is 2. The third-order valence-electron chi connectivity index (χ3n) is 3.12. The maximum Gasteiger partial charge on any atom is 0.256 e. The van der Waals surface area contributed by atoms with Gasteiger partial charge in [-0.2, -0.15) is 10.4 Å². The smallest absolute Gasteiger partial charge is 0.256 e. The van der Waals surface area contributed by atoms with E-state index in [0.717, 1.165) is 11.9 Å². The molecule has 0 saturated heterocycles. The first kappa shape index (κ1) is 16.7. The lowest BCUT2D eigenvalue weighted by Crippen LogP contribution is -2.16. The minimum atomic E-state index is -3.29. The lowest BCUT2D eigenvalue weighted by molar-refractivity contribution is 0.102. The van der Waals surface area contributed by atoms with Gasteiger partial charge >= 0.3 is 0 Å². The summed E-state index contributed by atoms with van der Waals surface area (Å²) in [6.07, 6.45) is 1.39. The van der Waals surface area contributed by atoms with E-state index in [0.29, 0.717) is 17.9 Å². The Morgan fingerprint density at radius 2 is 2.00 bits per heavy atom. The second kappa shape index (κ2) is 6.62. The lowest BCUT2D eigenvalue weighted by Gasteiger charge is -2.08. The largest absolute Gasteiger partial charge is 0.307 e. The fourth-order valence-electron chi connectivity index (χ4n) is 2.01. The molecular formula is C15H16N4O3S. The lowest BCUT2D eigenvalue weighted by atomic mass is 10.2. The average Bonchev–Trinajstić information content (AvgIpc) is 2.84.